The summed E-state index contributed by atoms with van der Waals surface area (Å²) in [6.45, 7) is 4.20. The van der Waals surface area contributed by atoms with Crippen LogP contribution in [0.5, 0.6) is 0 Å². The Morgan fingerprint density at radius 2 is 1.70 bits per heavy atom. The second-order valence-corrected chi connectivity index (χ2v) is 5.90. The molecule has 2 aromatic carbocycles. The molecule has 0 bridgehead atoms. The van der Waals surface area contributed by atoms with Crippen LogP contribution in [0.2, 0.25) is 0 Å². The van der Waals surface area contributed by atoms with Crippen molar-refractivity contribution in [3.8, 4) is 0 Å². The number of hydrogen-bond donors (Lipinski definition) is 2. The van der Waals surface area contributed by atoms with E-state index in [1.54, 1.807) is 11.9 Å². The summed E-state index contributed by atoms with van der Waals surface area (Å²) in [5, 5.41) is 6.54. The molecule has 0 saturated heterocycles. The predicted octanol–water partition coefficient (Wildman–Crippen LogP) is 3.57. The number of rotatable bonds is 4. The predicted molar refractivity (Wildman–Crippen MR) is 99.8 cm³/mol. The van der Waals surface area contributed by atoms with Crippen molar-refractivity contribution in [2.24, 2.45) is 0 Å². The Balaban J connectivity index is 1.89. The minimum Gasteiger partial charge on any atom is -0.343 e. The number of likely N-dealkylation sites (N-methyl/N-ethyl adjacent to an activating group) is 1. The average Bonchev–Trinajstić information content (AvgIpc) is 2.51. The largest absolute Gasteiger partial charge is 0.343 e. The van der Waals surface area contributed by atoms with Crippen molar-refractivity contribution in [2.45, 2.75) is 13.8 Å². The van der Waals surface area contributed by atoms with Crippen LogP contribution in [-0.2, 0) is 4.79 Å². The van der Waals surface area contributed by atoms with Gasteiger partial charge in [0.05, 0.1) is 6.54 Å². The van der Waals surface area contributed by atoms with Gasteiger partial charge in [-0.15, -0.1) is 0 Å². The molecule has 0 spiro atoms. The number of carbonyl (C=O) groups is 1. The number of para-hydroxylation sites is 1. The molecule has 0 radical (unpaired) electrons. The first-order valence-electron chi connectivity index (χ1n) is 7.40. The highest BCUT2D eigenvalue weighted by atomic mass is 32.1. The van der Waals surface area contributed by atoms with Gasteiger partial charge >= 0.3 is 0 Å². The fourth-order valence-electron chi connectivity index (χ4n) is 2.05. The van der Waals surface area contributed by atoms with E-state index in [1.807, 2.05) is 62.4 Å². The Morgan fingerprint density at radius 3 is 2.35 bits per heavy atom. The standard InChI is InChI=1S/C18H21N3OS/c1-13-8-10-15(11-9-13)19-17(22)12-21(3)18(23)20-16-7-5-4-6-14(16)2/h4-11H,12H2,1-3H3,(H,19,22)(H,20,23). The Bertz CT molecular complexity index is 698. The maximum Gasteiger partial charge on any atom is 0.243 e. The summed E-state index contributed by atoms with van der Waals surface area (Å²) in [4.78, 5) is 13.8. The molecule has 0 fully saturated rings. The molecule has 0 saturated carbocycles. The summed E-state index contributed by atoms with van der Waals surface area (Å²) in [6.07, 6.45) is 0. The molecule has 4 nitrogen and oxygen atoms in total. The molecule has 1 amide bonds. The number of amides is 1. The molecule has 23 heavy (non-hydrogen) atoms. The molecule has 2 aromatic rings. The smallest absolute Gasteiger partial charge is 0.243 e. The second kappa shape index (κ2) is 7.74. The third kappa shape index (κ3) is 5.07. The van der Waals surface area contributed by atoms with Crippen LogP contribution in [0, 0.1) is 13.8 Å². The van der Waals surface area contributed by atoms with Gasteiger partial charge in [0.2, 0.25) is 5.91 Å². The van der Waals surface area contributed by atoms with Crippen LogP contribution in [0.4, 0.5) is 11.4 Å². The molecule has 0 aliphatic heterocycles. The van der Waals surface area contributed by atoms with Crippen molar-refractivity contribution in [3.63, 3.8) is 0 Å². The molecule has 0 unspecified atom stereocenters. The van der Waals surface area contributed by atoms with E-state index >= 15 is 0 Å². The van der Waals surface area contributed by atoms with E-state index in [4.69, 9.17) is 12.2 Å². The van der Waals surface area contributed by atoms with Crippen molar-refractivity contribution >= 4 is 34.6 Å². The summed E-state index contributed by atoms with van der Waals surface area (Å²) in [6, 6.07) is 15.6. The van der Waals surface area contributed by atoms with E-state index in [1.165, 1.54) is 0 Å². The number of hydrogen-bond acceptors (Lipinski definition) is 2. The number of thiocarbonyl (C=S) groups is 1. The highest BCUT2D eigenvalue weighted by Crippen LogP contribution is 2.14. The van der Waals surface area contributed by atoms with E-state index in [0.29, 0.717) is 5.11 Å². The van der Waals surface area contributed by atoms with Gasteiger partial charge in [-0.25, -0.2) is 0 Å². The van der Waals surface area contributed by atoms with Crippen molar-refractivity contribution in [2.75, 3.05) is 24.2 Å². The summed E-state index contributed by atoms with van der Waals surface area (Å²) >= 11 is 5.35. The number of carbonyl (C=O) groups excluding carboxylic acids is 1. The summed E-state index contributed by atoms with van der Waals surface area (Å²) in [5.41, 5.74) is 3.99. The third-order valence-electron chi connectivity index (χ3n) is 3.45. The van der Waals surface area contributed by atoms with Gasteiger partial charge < -0.3 is 15.5 Å². The van der Waals surface area contributed by atoms with E-state index in [-0.39, 0.29) is 12.5 Å². The van der Waals surface area contributed by atoms with Crippen molar-refractivity contribution in [1.82, 2.24) is 4.90 Å². The van der Waals surface area contributed by atoms with Crippen molar-refractivity contribution < 1.29 is 4.79 Å². The zero-order valence-corrected chi connectivity index (χ0v) is 14.4. The van der Waals surface area contributed by atoms with Crippen LogP contribution >= 0.6 is 12.2 Å². The summed E-state index contributed by atoms with van der Waals surface area (Å²) in [7, 11) is 1.79. The molecule has 0 heterocycles. The molecule has 2 N–H and O–H groups in total. The first kappa shape index (κ1) is 17.0. The Morgan fingerprint density at radius 1 is 1.04 bits per heavy atom. The fraction of sp³-hybridized carbons (Fsp3) is 0.222. The van der Waals surface area contributed by atoms with Gasteiger partial charge in [0, 0.05) is 18.4 Å². The van der Waals surface area contributed by atoms with Gasteiger partial charge in [-0.1, -0.05) is 35.9 Å². The van der Waals surface area contributed by atoms with Crippen LogP contribution in [0.3, 0.4) is 0 Å². The Hall–Kier alpha value is -2.40. The monoisotopic (exact) mass is 327 g/mol. The quantitative estimate of drug-likeness (QED) is 0.843. The van der Waals surface area contributed by atoms with Gasteiger partial charge in [0.25, 0.3) is 0 Å². The minimum atomic E-state index is -0.106. The minimum absolute atomic E-state index is 0.106. The van der Waals surface area contributed by atoms with Gasteiger partial charge in [-0.05, 0) is 49.8 Å². The van der Waals surface area contributed by atoms with Crippen molar-refractivity contribution in [1.29, 1.82) is 0 Å². The fourth-order valence-corrected chi connectivity index (χ4v) is 2.22. The first-order valence-corrected chi connectivity index (χ1v) is 7.81. The lowest BCUT2D eigenvalue weighted by molar-refractivity contribution is -0.116. The number of anilines is 2. The molecular weight excluding hydrogens is 306 g/mol. The normalized spacial score (nSPS) is 10.0. The molecule has 120 valence electrons. The highest BCUT2D eigenvalue weighted by Gasteiger charge is 2.11. The van der Waals surface area contributed by atoms with Crippen LogP contribution in [-0.4, -0.2) is 29.5 Å². The van der Waals surface area contributed by atoms with E-state index in [0.717, 1.165) is 22.5 Å². The topological polar surface area (TPSA) is 44.4 Å². The van der Waals surface area contributed by atoms with Crippen molar-refractivity contribution in [3.05, 3.63) is 59.7 Å². The highest BCUT2D eigenvalue weighted by molar-refractivity contribution is 7.80. The lowest BCUT2D eigenvalue weighted by Gasteiger charge is -2.21. The Kier molecular flexibility index (Phi) is 5.71. The van der Waals surface area contributed by atoms with Gasteiger partial charge in [-0.2, -0.15) is 0 Å². The molecular formula is C18H21N3OS. The zero-order valence-electron chi connectivity index (χ0n) is 13.6. The van der Waals surface area contributed by atoms with Gasteiger partial charge in [0.15, 0.2) is 5.11 Å². The SMILES string of the molecule is Cc1ccc(NC(=O)CN(C)C(=S)Nc2ccccc2C)cc1. The van der Waals surface area contributed by atoms with Crippen LogP contribution in [0.15, 0.2) is 48.5 Å². The number of nitrogens with one attached hydrogen (secondary N) is 2. The molecule has 0 aromatic heterocycles. The summed E-state index contributed by atoms with van der Waals surface area (Å²) in [5.74, 6) is -0.106. The lowest BCUT2D eigenvalue weighted by Crippen LogP contribution is -2.37. The van der Waals surface area contributed by atoms with E-state index < -0.39 is 0 Å². The number of aryl methyl sites for hydroxylation is 2. The lowest BCUT2D eigenvalue weighted by atomic mass is 10.2. The number of benzene rings is 2. The molecule has 0 atom stereocenters. The zero-order chi connectivity index (χ0) is 16.8. The van der Waals surface area contributed by atoms with E-state index in [2.05, 4.69) is 10.6 Å². The maximum absolute atomic E-state index is 12.1. The van der Waals surface area contributed by atoms with Gasteiger partial charge in [-0.3, -0.25) is 4.79 Å². The molecule has 0 aliphatic rings. The maximum atomic E-state index is 12.1. The molecule has 2 rings (SSSR count). The average molecular weight is 327 g/mol. The number of nitrogens with zero attached hydrogens (tertiary/aromatic N) is 1. The third-order valence-corrected chi connectivity index (χ3v) is 3.86. The Labute approximate surface area is 142 Å². The van der Waals surface area contributed by atoms with Crippen LogP contribution in [0.1, 0.15) is 11.1 Å². The van der Waals surface area contributed by atoms with Gasteiger partial charge in [0.1, 0.15) is 0 Å². The molecule has 0 aliphatic carbocycles. The van der Waals surface area contributed by atoms with E-state index in [9.17, 15) is 4.79 Å². The first-order chi connectivity index (χ1) is 11.0. The molecule has 5 heteroatoms. The van der Waals surface area contributed by atoms with Crippen LogP contribution < -0.4 is 10.6 Å². The van der Waals surface area contributed by atoms with Crippen LogP contribution in [0.25, 0.3) is 0 Å². The second-order valence-electron chi connectivity index (χ2n) is 5.52. The summed E-state index contributed by atoms with van der Waals surface area (Å²) < 4.78 is 0.